The molecule has 4 aromatic carbocycles. The number of rotatable bonds is 12. The van der Waals surface area contributed by atoms with E-state index in [2.05, 4.69) is 17.2 Å². The highest BCUT2D eigenvalue weighted by Gasteiger charge is 2.36. The van der Waals surface area contributed by atoms with E-state index in [4.69, 9.17) is 9.47 Å². The van der Waals surface area contributed by atoms with Crippen molar-refractivity contribution in [1.29, 1.82) is 0 Å². The van der Waals surface area contributed by atoms with Crippen molar-refractivity contribution in [1.82, 2.24) is 10.3 Å². The van der Waals surface area contributed by atoms with Crippen LogP contribution < -0.4 is 14.8 Å². The highest BCUT2D eigenvalue weighted by Crippen LogP contribution is 2.37. The molecule has 2 unspecified atom stereocenters. The molecule has 0 saturated carbocycles. The van der Waals surface area contributed by atoms with Gasteiger partial charge in [-0.25, -0.2) is 8.42 Å². The summed E-state index contributed by atoms with van der Waals surface area (Å²) in [5.74, 6) is 1.15. The summed E-state index contributed by atoms with van der Waals surface area (Å²) < 4.78 is 75.5. The van der Waals surface area contributed by atoms with Gasteiger partial charge >= 0.3 is 6.18 Å². The number of aromatic nitrogens is 1. The van der Waals surface area contributed by atoms with Crippen molar-refractivity contribution < 1.29 is 36.2 Å². The number of aromatic amines is 1. The zero-order valence-electron chi connectivity index (χ0n) is 24.2. The predicted molar refractivity (Wildman–Crippen MR) is 164 cm³/mol. The first-order valence-corrected chi connectivity index (χ1v) is 16.0. The Labute approximate surface area is 253 Å². The van der Waals surface area contributed by atoms with Gasteiger partial charge < -0.3 is 24.9 Å². The fourth-order valence-electron chi connectivity index (χ4n) is 5.15. The maximum absolute atomic E-state index is 13.5. The third kappa shape index (κ3) is 7.53. The third-order valence-corrected chi connectivity index (χ3v) is 8.35. The maximum Gasteiger partial charge on any atom is 0.417 e. The van der Waals surface area contributed by atoms with Crippen LogP contribution in [-0.4, -0.2) is 50.6 Å². The van der Waals surface area contributed by atoms with Crippen LogP contribution in [0.25, 0.3) is 21.8 Å². The number of alkyl halides is 3. The van der Waals surface area contributed by atoms with E-state index >= 15 is 0 Å². The van der Waals surface area contributed by atoms with Crippen LogP contribution in [0.5, 0.6) is 17.2 Å². The van der Waals surface area contributed by atoms with Crippen molar-refractivity contribution in [2.75, 3.05) is 26.0 Å². The molecule has 0 saturated heterocycles. The van der Waals surface area contributed by atoms with Crippen molar-refractivity contribution >= 4 is 31.6 Å². The highest BCUT2D eigenvalue weighted by molar-refractivity contribution is 7.90. The van der Waals surface area contributed by atoms with Gasteiger partial charge in [-0.15, -0.1) is 0 Å². The van der Waals surface area contributed by atoms with E-state index < -0.39 is 32.6 Å². The number of para-hydroxylation sites is 1. The smallest absolute Gasteiger partial charge is 0.417 e. The molecule has 11 heteroatoms. The Morgan fingerprint density at radius 2 is 1.61 bits per heavy atom. The summed E-state index contributed by atoms with van der Waals surface area (Å²) in [6.07, 6.45) is -4.09. The van der Waals surface area contributed by atoms with Gasteiger partial charge in [0, 0.05) is 29.1 Å². The van der Waals surface area contributed by atoms with Crippen LogP contribution in [0.1, 0.15) is 18.1 Å². The zero-order chi connectivity index (χ0) is 31.5. The van der Waals surface area contributed by atoms with Gasteiger partial charge in [-0.3, -0.25) is 0 Å². The van der Waals surface area contributed by atoms with Gasteiger partial charge in [-0.05, 0) is 73.0 Å². The van der Waals surface area contributed by atoms with Gasteiger partial charge in [-0.1, -0.05) is 43.3 Å². The molecule has 1 heterocycles. The molecule has 0 aliphatic carbocycles. The van der Waals surface area contributed by atoms with Crippen LogP contribution in [-0.2, 0) is 22.4 Å². The Morgan fingerprint density at radius 1 is 0.909 bits per heavy atom. The lowest BCUT2D eigenvalue weighted by molar-refractivity contribution is -0.140. The summed E-state index contributed by atoms with van der Waals surface area (Å²) in [4.78, 5) is 2.59. The number of fused-ring (bicyclic) bond motifs is 3. The summed E-state index contributed by atoms with van der Waals surface area (Å²) in [6.45, 7) is 3.22. The molecule has 0 fully saturated rings. The van der Waals surface area contributed by atoms with Crippen LogP contribution in [0.3, 0.4) is 0 Å². The molecule has 0 spiro atoms. The first-order chi connectivity index (χ1) is 20.9. The lowest BCUT2D eigenvalue weighted by atomic mass is 10.0. The Kier molecular flexibility index (Phi) is 9.19. The highest BCUT2D eigenvalue weighted by atomic mass is 32.2. The number of aliphatic hydroxyl groups is 1. The summed E-state index contributed by atoms with van der Waals surface area (Å²) >= 11 is 0. The predicted octanol–water partition coefficient (Wildman–Crippen LogP) is 6.74. The van der Waals surface area contributed by atoms with E-state index in [1.54, 1.807) is 12.1 Å². The number of hydrogen-bond acceptors (Lipinski definition) is 6. The van der Waals surface area contributed by atoms with Crippen molar-refractivity contribution in [2.24, 2.45) is 5.92 Å². The monoisotopic (exact) mass is 626 g/mol. The molecule has 7 nitrogen and oxygen atoms in total. The minimum atomic E-state index is -4.85. The van der Waals surface area contributed by atoms with Crippen LogP contribution >= 0.6 is 0 Å². The maximum atomic E-state index is 13.5. The Bertz CT molecular complexity index is 1850. The number of benzene rings is 4. The molecule has 5 rings (SSSR count). The molecule has 0 aliphatic heterocycles. The van der Waals surface area contributed by atoms with Gasteiger partial charge in [0.1, 0.15) is 30.0 Å². The second-order valence-electron chi connectivity index (χ2n) is 11.0. The molecule has 0 bridgehead atoms. The standard InChI is InChI=1S/C33H33F3N2O5S/c1-21(18-37-19-23(39)20-42-30-9-5-8-29-32(30)26-6-3-4-7-28(26)38-29)16-22-10-12-24(13-11-22)43-25-14-15-31(44(2,40)41)27(17-25)33(34,35)36/h3-15,17,21,23,37-39H,16,18-20H2,1-2H3. The number of sulfone groups is 1. The summed E-state index contributed by atoms with van der Waals surface area (Å²) in [6, 6.07) is 23.6. The van der Waals surface area contributed by atoms with E-state index in [0.717, 1.165) is 46.1 Å². The van der Waals surface area contributed by atoms with Crippen molar-refractivity contribution in [3.8, 4) is 17.2 Å². The minimum Gasteiger partial charge on any atom is -0.490 e. The van der Waals surface area contributed by atoms with Crippen LogP contribution in [0, 0.1) is 5.92 Å². The number of H-pyrrole nitrogens is 1. The second-order valence-corrected chi connectivity index (χ2v) is 12.9. The zero-order valence-corrected chi connectivity index (χ0v) is 25.0. The average Bonchev–Trinajstić information content (AvgIpc) is 3.35. The number of halogens is 3. The molecular weight excluding hydrogens is 593 g/mol. The van der Waals surface area contributed by atoms with E-state index in [-0.39, 0.29) is 18.3 Å². The molecule has 232 valence electrons. The average molecular weight is 627 g/mol. The first kappa shape index (κ1) is 31.4. The van der Waals surface area contributed by atoms with Gasteiger partial charge in [0.15, 0.2) is 9.84 Å². The normalized spacial score (nSPS) is 13.7. The number of ether oxygens (including phenoxy) is 2. The van der Waals surface area contributed by atoms with Gasteiger partial charge in [0.05, 0.1) is 16.0 Å². The van der Waals surface area contributed by atoms with Crippen molar-refractivity contribution in [3.05, 3.63) is 96.1 Å². The SMILES string of the molecule is CC(CNCC(O)COc1cccc2[nH]c3ccccc3c12)Cc1ccc(Oc2ccc(S(C)(=O)=O)c(C(F)(F)F)c2)cc1. The Hall–Kier alpha value is -4.06. The molecule has 0 radical (unpaired) electrons. The fraction of sp³-hybridized carbons (Fsp3) is 0.273. The van der Waals surface area contributed by atoms with Crippen molar-refractivity contribution in [3.63, 3.8) is 0 Å². The quantitative estimate of drug-likeness (QED) is 0.142. The molecule has 0 amide bonds. The van der Waals surface area contributed by atoms with E-state index in [1.807, 2.05) is 54.6 Å². The van der Waals surface area contributed by atoms with Crippen LogP contribution in [0.2, 0.25) is 0 Å². The first-order valence-electron chi connectivity index (χ1n) is 14.1. The van der Waals surface area contributed by atoms with Crippen molar-refractivity contribution in [2.45, 2.75) is 30.5 Å². The molecule has 2 atom stereocenters. The summed E-state index contributed by atoms with van der Waals surface area (Å²) in [5.41, 5.74) is 1.74. The Balaban J connectivity index is 1.09. The largest absolute Gasteiger partial charge is 0.490 e. The van der Waals surface area contributed by atoms with Crippen LogP contribution in [0.15, 0.2) is 89.8 Å². The van der Waals surface area contributed by atoms with Gasteiger partial charge in [-0.2, -0.15) is 13.2 Å². The third-order valence-electron chi connectivity index (χ3n) is 7.20. The molecule has 3 N–H and O–H groups in total. The Morgan fingerprint density at radius 3 is 2.34 bits per heavy atom. The number of hydrogen-bond donors (Lipinski definition) is 3. The molecule has 44 heavy (non-hydrogen) atoms. The topological polar surface area (TPSA) is 101 Å². The summed E-state index contributed by atoms with van der Waals surface area (Å²) in [7, 11) is -4.06. The molecule has 0 aliphatic rings. The lowest BCUT2D eigenvalue weighted by Crippen LogP contribution is -2.34. The van der Waals surface area contributed by atoms with E-state index in [9.17, 15) is 26.7 Å². The van der Waals surface area contributed by atoms with Crippen LogP contribution in [0.4, 0.5) is 13.2 Å². The van der Waals surface area contributed by atoms with Gasteiger partial charge in [0.25, 0.3) is 0 Å². The van der Waals surface area contributed by atoms with E-state index in [0.29, 0.717) is 30.7 Å². The van der Waals surface area contributed by atoms with Gasteiger partial charge in [0.2, 0.25) is 0 Å². The number of nitrogens with one attached hydrogen (secondary N) is 2. The summed E-state index contributed by atoms with van der Waals surface area (Å²) in [5, 5.41) is 15.9. The lowest BCUT2D eigenvalue weighted by Gasteiger charge is -2.17. The molecule has 1 aromatic heterocycles. The minimum absolute atomic E-state index is 0.115. The second kappa shape index (κ2) is 12.9. The molecule has 5 aromatic rings. The number of aliphatic hydroxyl groups excluding tert-OH is 1. The van der Waals surface area contributed by atoms with E-state index in [1.165, 1.54) is 6.07 Å². The fourth-order valence-corrected chi connectivity index (χ4v) is 6.04. The molecular formula is C33H33F3N2O5S.